The molecule has 2 saturated heterocycles. The minimum absolute atomic E-state index is 0.0831. The summed E-state index contributed by atoms with van der Waals surface area (Å²) in [6, 6.07) is 7.74. The van der Waals surface area contributed by atoms with Gasteiger partial charge in [-0.05, 0) is 78.6 Å². The number of amides is 2. The highest BCUT2D eigenvalue weighted by atomic mass is 32.1. The van der Waals surface area contributed by atoms with Gasteiger partial charge in [0.15, 0.2) is 10.8 Å². The number of rotatable bonds is 5. The molecule has 186 valence electrons. The predicted molar refractivity (Wildman–Crippen MR) is 141 cm³/mol. The zero-order valence-corrected chi connectivity index (χ0v) is 22.0. The van der Waals surface area contributed by atoms with Crippen LogP contribution in [0.2, 0.25) is 0 Å². The zero-order chi connectivity index (χ0) is 24.7. The van der Waals surface area contributed by atoms with E-state index in [0.29, 0.717) is 16.3 Å². The van der Waals surface area contributed by atoms with E-state index in [9.17, 15) is 9.59 Å². The van der Waals surface area contributed by atoms with Crippen molar-refractivity contribution in [1.29, 1.82) is 0 Å². The van der Waals surface area contributed by atoms with Gasteiger partial charge < -0.3 is 14.4 Å². The number of nitrogens with zero attached hydrogens (tertiary/aromatic N) is 4. The fraction of sp³-hybridized carbons (Fsp3) is 0.519. The first-order valence-electron chi connectivity index (χ1n) is 12.6. The summed E-state index contributed by atoms with van der Waals surface area (Å²) in [4.78, 5) is 36.0. The lowest BCUT2D eigenvalue weighted by molar-refractivity contribution is 0.0710. The summed E-state index contributed by atoms with van der Waals surface area (Å²) in [5.74, 6) is -0.110. The molecule has 1 N–H and O–H groups in total. The van der Waals surface area contributed by atoms with Crippen LogP contribution in [0.5, 0.6) is 0 Å². The van der Waals surface area contributed by atoms with E-state index in [1.54, 1.807) is 0 Å². The van der Waals surface area contributed by atoms with E-state index in [1.807, 2.05) is 37.4 Å². The van der Waals surface area contributed by atoms with E-state index in [2.05, 4.69) is 40.5 Å². The third kappa shape index (κ3) is 4.86. The minimum atomic E-state index is -0.247. The largest absolute Gasteiger partial charge is 0.334 e. The number of fused-ring (bicyclic) bond motifs is 1. The molecule has 4 heterocycles. The highest BCUT2D eigenvalue weighted by Gasteiger charge is 2.34. The van der Waals surface area contributed by atoms with Crippen molar-refractivity contribution in [2.45, 2.75) is 65.0 Å². The Kier molecular flexibility index (Phi) is 6.44. The second-order valence-corrected chi connectivity index (χ2v) is 11.9. The van der Waals surface area contributed by atoms with Crippen LogP contribution in [0.25, 0.3) is 10.3 Å². The van der Waals surface area contributed by atoms with E-state index < -0.39 is 0 Å². The molecule has 35 heavy (non-hydrogen) atoms. The Bertz CT molecular complexity index is 1230. The molecule has 2 amide bonds. The third-order valence-electron chi connectivity index (χ3n) is 7.13. The van der Waals surface area contributed by atoms with Gasteiger partial charge >= 0.3 is 0 Å². The van der Waals surface area contributed by atoms with Crippen molar-refractivity contribution < 1.29 is 9.59 Å². The summed E-state index contributed by atoms with van der Waals surface area (Å²) in [5, 5.41) is 3.47. The lowest BCUT2D eigenvalue weighted by Gasteiger charge is -2.28. The Balaban J connectivity index is 1.44. The number of anilines is 1. The molecule has 1 atom stereocenters. The number of hydrogen-bond donors (Lipinski definition) is 1. The molecule has 0 bridgehead atoms. The summed E-state index contributed by atoms with van der Waals surface area (Å²) in [6.07, 6.45) is 6.59. The molecule has 2 aliphatic rings. The van der Waals surface area contributed by atoms with Crippen LogP contribution in [0.4, 0.5) is 5.13 Å². The Morgan fingerprint density at radius 2 is 1.80 bits per heavy atom. The molecule has 8 heteroatoms. The van der Waals surface area contributed by atoms with Gasteiger partial charge in [0.2, 0.25) is 0 Å². The summed E-state index contributed by atoms with van der Waals surface area (Å²) < 4.78 is 2.91. The first-order chi connectivity index (χ1) is 16.7. The molecule has 0 aliphatic carbocycles. The standard InChI is InChI=1S/C27H35N5O2S/c1-18-9-11-19(12-10-18)24(33)29-26-28-23-22(35-26)21(17-32(23)27(2,3)4)25(34)31-15-7-8-20(31)16-30-13-5-6-14-30/h9-12,17,20H,5-8,13-16H2,1-4H3,(H,28,29,33)/t20-/m0/s1. The van der Waals surface area contributed by atoms with Crippen molar-refractivity contribution in [2.24, 2.45) is 0 Å². The normalized spacial score (nSPS) is 19.1. The smallest absolute Gasteiger partial charge is 0.257 e. The molecule has 0 unspecified atom stereocenters. The number of carbonyl (C=O) groups is 2. The van der Waals surface area contributed by atoms with Crippen LogP contribution in [0.3, 0.4) is 0 Å². The lowest BCUT2D eigenvalue weighted by Crippen LogP contribution is -2.42. The molecule has 2 aliphatic heterocycles. The van der Waals surface area contributed by atoms with Crippen LogP contribution in [-0.4, -0.2) is 63.4 Å². The maximum atomic E-state index is 13.9. The number of benzene rings is 1. The van der Waals surface area contributed by atoms with Crippen molar-refractivity contribution in [3.05, 3.63) is 47.2 Å². The zero-order valence-electron chi connectivity index (χ0n) is 21.1. The van der Waals surface area contributed by atoms with E-state index in [1.165, 1.54) is 24.2 Å². The highest BCUT2D eigenvalue weighted by molar-refractivity contribution is 7.22. The van der Waals surface area contributed by atoms with Crippen LogP contribution in [0.1, 0.15) is 72.7 Å². The second kappa shape index (κ2) is 9.39. The number of nitrogens with one attached hydrogen (secondary N) is 1. The van der Waals surface area contributed by atoms with Gasteiger partial charge in [-0.2, -0.15) is 0 Å². The maximum absolute atomic E-state index is 13.9. The van der Waals surface area contributed by atoms with Crippen molar-refractivity contribution in [3.8, 4) is 0 Å². The van der Waals surface area contributed by atoms with Gasteiger partial charge in [0, 0.05) is 36.4 Å². The van der Waals surface area contributed by atoms with Crippen LogP contribution >= 0.6 is 11.3 Å². The van der Waals surface area contributed by atoms with E-state index in [-0.39, 0.29) is 23.4 Å². The Labute approximate surface area is 211 Å². The average molecular weight is 494 g/mol. The van der Waals surface area contributed by atoms with Crippen molar-refractivity contribution in [1.82, 2.24) is 19.4 Å². The summed E-state index contributed by atoms with van der Waals surface area (Å²) >= 11 is 1.39. The van der Waals surface area contributed by atoms with Crippen LogP contribution in [0, 0.1) is 6.92 Å². The Morgan fingerprint density at radius 3 is 2.49 bits per heavy atom. The first-order valence-corrected chi connectivity index (χ1v) is 13.5. The Hall–Kier alpha value is -2.71. The van der Waals surface area contributed by atoms with Crippen molar-refractivity contribution in [2.75, 3.05) is 31.5 Å². The van der Waals surface area contributed by atoms with Gasteiger partial charge in [-0.25, -0.2) is 4.98 Å². The minimum Gasteiger partial charge on any atom is -0.334 e. The number of thiazole rings is 1. The summed E-state index contributed by atoms with van der Waals surface area (Å²) in [6.45, 7) is 12.4. The number of likely N-dealkylation sites (tertiary alicyclic amines) is 2. The molecule has 0 saturated carbocycles. The second-order valence-electron chi connectivity index (χ2n) is 10.9. The van der Waals surface area contributed by atoms with Gasteiger partial charge in [-0.15, -0.1) is 0 Å². The molecule has 0 radical (unpaired) electrons. The molecular weight excluding hydrogens is 458 g/mol. The molecule has 2 aromatic heterocycles. The molecule has 7 nitrogen and oxygen atoms in total. The molecule has 3 aromatic rings. The maximum Gasteiger partial charge on any atom is 0.257 e. The lowest BCUT2D eigenvalue weighted by atomic mass is 10.1. The molecule has 2 fully saturated rings. The topological polar surface area (TPSA) is 70.5 Å². The highest BCUT2D eigenvalue weighted by Crippen LogP contribution is 2.36. The van der Waals surface area contributed by atoms with E-state index >= 15 is 0 Å². The van der Waals surface area contributed by atoms with Gasteiger partial charge in [0.25, 0.3) is 11.8 Å². The summed E-state index contributed by atoms with van der Waals surface area (Å²) in [7, 11) is 0. The van der Waals surface area contributed by atoms with Crippen molar-refractivity contribution in [3.63, 3.8) is 0 Å². The SMILES string of the molecule is Cc1ccc(C(=O)Nc2nc3c(s2)c(C(=O)N2CCC[C@H]2CN2CCCC2)cn3C(C)(C)C)cc1. The average Bonchev–Trinajstić information content (AvgIpc) is 3.58. The molecular formula is C27H35N5O2S. The van der Waals surface area contributed by atoms with Crippen molar-refractivity contribution >= 4 is 38.6 Å². The first kappa shape index (κ1) is 24.0. The molecule has 0 spiro atoms. The van der Waals surface area contributed by atoms with E-state index in [4.69, 9.17) is 4.98 Å². The van der Waals surface area contributed by atoms with Crippen LogP contribution in [0.15, 0.2) is 30.5 Å². The number of carbonyl (C=O) groups excluding carboxylic acids is 2. The van der Waals surface area contributed by atoms with E-state index in [0.717, 1.165) is 54.9 Å². The molecule has 1 aromatic carbocycles. The third-order valence-corrected chi connectivity index (χ3v) is 8.13. The van der Waals surface area contributed by atoms with Gasteiger partial charge in [0.1, 0.15) is 0 Å². The fourth-order valence-corrected chi connectivity index (χ4v) is 6.16. The number of aryl methyl sites for hydroxylation is 1. The quantitative estimate of drug-likeness (QED) is 0.536. The predicted octanol–water partition coefficient (Wildman–Crippen LogP) is 5.11. The van der Waals surface area contributed by atoms with Gasteiger partial charge in [0.05, 0.1) is 10.3 Å². The van der Waals surface area contributed by atoms with Crippen LogP contribution in [-0.2, 0) is 5.54 Å². The fourth-order valence-electron chi connectivity index (χ4n) is 5.20. The number of hydrogen-bond acceptors (Lipinski definition) is 5. The molecule has 5 rings (SSSR count). The van der Waals surface area contributed by atoms with Crippen LogP contribution < -0.4 is 5.32 Å². The number of aromatic nitrogens is 2. The monoisotopic (exact) mass is 493 g/mol. The van der Waals surface area contributed by atoms with Gasteiger partial charge in [-0.1, -0.05) is 29.0 Å². The Morgan fingerprint density at radius 1 is 1.09 bits per heavy atom. The van der Waals surface area contributed by atoms with Gasteiger partial charge in [-0.3, -0.25) is 14.9 Å². The summed E-state index contributed by atoms with van der Waals surface area (Å²) in [5.41, 5.74) is 2.89.